The Labute approximate surface area is 215 Å². The Hall–Kier alpha value is -4.60. The molecule has 172 valence electrons. The molecule has 3 heterocycles. The van der Waals surface area contributed by atoms with Gasteiger partial charge in [-0.15, -0.1) is 11.3 Å². The number of fused-ring (bicyclic) bond motifs is 12. The molecule has 0 saturated carbocycles. The Morgan fingerprint density at radius 3 is 2.19 bits per heavy atom. The highest BCUT2D eigenvalue weighted by Crippen LogP contribution is 2.44. The second-order valence-corrected chi connectivity index (χ2v) is 10.9. The fourth-order valence-electron chi connectivity index (χ4n) is 6.16. The first-order chi connectivity index (χ1) is 18.3. The van der Waals surface area contributed by atoms with Crippen LogP contribution in [0.2, 0.25) is 0 Å². The Bertz CT molecular complexity index is 2370. The summed E-state index contributed by atoms with van der Waals surface area (Å²) in [5, 5.41) is 9.80. The number of para-hydroxylation sites is 1. The molecular weight excluding hydrogens is 470 g/mol. The third kappa shape index (κ3) is 2.59. The molecule has 0 aliphatic heterocycles. The van der Waals surface area contributed by atoms with Crippen LogP contribution in [-0.2, 0) is 0 Å². The molecule has 6 aromatic carbocycles. The number of thiophene rings is 1. The van der Waals surface area contributed by atoms with Crippen LogP contribution in [0.4, 0.5) is 0 Å². The minimum atomic E-state index is 0.928. The van der Waals surface area contributed by atoms with Crippen molar-refractivity contribution in [3.05, 3.63) is 109 Å². The Kier molecular flexibility index (Phi) is 3.70. The second kappa shape index (κ2) is 7.00. The summed E-state index contributed by atoms with van der Waals surface area (Å²) in [6, 6.07) is 39.4. The lowest BCUT2D eigenvalue weighted by Gasteiger charge is -2.09. The first-order valence-corrected chi connectivity index (χ1v) is 13.3. The predicted octanol–water partition coefficient (Wildman–Crippen LogP) is 10.4. The number of benzene rings is 6. The molecule has 0 aliphatic rings. The molecule has 0 saturated heterocycles. The van der Waals surface area contributed by atoms with E-state index in [9.17, 15) is 0 Å². The van der Waals surface area contributed by atoms with E-state index in [0.717, 1.165) is 33.0 Å². The Morgan fingerprint density at radius 1 is 0.514 bits per heavy atom. The summed E-state index contributed by atoms with van der Waals surface area (Å²) >= 11 is 1.86. The van der Waals surface area contributed by atoms with Gasteiger partial charge in [0.05, 0.1) is 10.9 Å². The molecule has 0 unspecified atom stereocenters. The van der Waals surface area contributed by atoms with Crippen LogP contribution >= 0.6 is 11.3 Å². The number of hydrogen-bond donors (Lipinski definition) is 1. The van der Waals surface area contributed by atoms with Crippen molar-refractivity contribution in [2.24, 2.45) is 0 Å². The van der Waals surface area contributed by atoms with E-state index in [1.807, 2.05) is 11.3 Å². The average molecular weight is 490 g/mol. The van der Waals surface area contributed by atoms with Crippen LogP contribution in [0.5, 0.6) is 0 Å². The maximum atomic E-state index is 6.73. The van der Waals surface area contributed by atoms with E-state index >= 15 is 0 Å². The largest absolute Gasteiger partial charge is 0.455 e. The van der Waals surface area contributed by atoms with Gasteiger partial charge in [-0.25, -0.2) is 0 Å². The van der Waals surface area contributed by atoms with Gasteiger partial charge in [-0.2, -0.15) is 0 Å². The number of rotatable bonds is 1. The quantitative estimate of drug-likeness (QED) is 0.244. The van der Waals surface area contributed by atoms with Crippen LogP contribution in [0.1, 0.15) is 0 Å². The summed E-state index contributed by atoms with van der Waals surface area (Å²) in [5.41, 5.74) is 6.53. The molecule has 0 aliphatic carbocycles. The summed E-state index contributed by atoms with van der Waals surface area (Å²) < 4.78 is 9.38. The molecule has 0 fully saturated rings. The van der Waals surface area contributed by atoms with Crippen molar-refractivity contribution >= 4 is 86.0 Å². The third-order valence-corrected chi connectivity index (χ3v) is 8.95. The highest BCUT2D eigenvalue weighted by molar-refractivity contribution is 7.25. The molecule has 0 amide bonds. The predicted molar refractivity (Wildman–Crippen MR) is 159 cm³/mol. The van der Waals surface area contributed by atoms with E-state index in [0.29, 0.717) is 0 Å². The zero-order valence-electron chi connectivity index (χ0n) is 19.7. The van der Waals surface area contributed by atoms with Gasteiger partial charge in [-0.1, -0.05) is 66.7 Å². The molecule has 3 heteroatoms. The molecule has 0 atom stereocenters. The van der Waals surface area contributed by atoms with E-state index in [4.69, 9.17) is 4.42 Å². The van der Waals surface area contributed by atoms with Gasteiger partial charge in [0.15, 0.2) is 0 Å². The van der Waals surface area contributed by atoms with Gasteiger partial charge in [-0.3, -0.25) is 0 Å². The van der Waals surface area contributed by atoms with Gasteiger partial charge in [0.1, 0.15) is 11.2 Å². The number of hydrogen-bond acceptors (Lipinski definition) is 2. The van der Waals surface area contributed by atoms with Crippen molar-refractivity contribution in [1.82, 2.24) is 4.98 Å². The molecule has 37 heavy (non-hydrogen) atoms. The summed E-state index contributed by atoms with van der Waals surface area (Å²) in [7, 11) is 0. The van der Waals surface area contributed by atoms with Gasteiger partial charge in [0.2, 0.25) is 0 Å². The fraction of sp³-hybridized carbons (Fsp3) is 0. The van der Waals surface area contributed by atoms with E-state index in [1.165, 1.54) is 52.8 Å². The minimum Gasteiger partial charge on any atom is -0.455 e. The number of furan rings is 1. The summed E-state index contributed by atoms with van der Waals surface area (Å²) in [5.74, 6) is 0. The van der Waals surface area contributed by atoms with Gasteiger partial charge in [0.25, 0.3) is 0 Å². The average Bonchev–Trinajstić information content (AvgIpc) is 3.62. The first kappa shape index (κ1) is 19.6. The molecular formula is C34H19NOS. The van der Waals surface area contributed by atoms with Crippen molar-refractivity contribution in [3.63, 3.8) is 0 Å². The topological polar surface area (TPSA) is 28.9 Å². The third-order valence-electron chi connectivity index (χ3n) is 7.80. The van der Waals surface area contributed by atoms with Crippen LogP contribution in [0, 0.1) is 0 Å². The molecule has 0 radical (unpaired) electrons. The number of H-pyrrole nitrogens is 1. The van der Waals surface area contributed by atoms with Gasteiger partial charge < -0.3 is 9.40 Å². The van der Waals surface area contributed by atoms with E-state index in [2.05, 4.69) is 114 Å². The lowest BCUT2D eigenvalue weighted by atomic mass is 9.94. The Morgan fingerprint density at radius 2 is 1.27 bits per heavy atom. The van der Waals surface area contributed by atoms with Gasteiger partial charge in [-0.05, 0) is 64.4 Å². The van der Waals surface area contributed by atoms with Crippen molar-refractivity contribution in [2.75, 3.05) is 0 Å². The van der Waals surface area contributed by atoms with Crippen molar-refractivity contribution < 1.29 is 4.42 Å². The summed E-state index contributed by atoms with van der Waals surface area (Å²) in [6.45, 7) is 0. The van der Waals surface area contributed by atoms with Crippen LogP contribution in [0.15, 0.2) is 114 Å². The fourth-order valence-corrected chi connectivity index (χ4v) is 7.25. The lowest BCUT2D eigenvalue weighted by Crippen LogP contribution is -1.83. The van der Waals surface area contributed by atoms with Crippen LogP contribution in [0.3, 0.4) is 0 Å². The summed E-state index contributed by atoms with van der Waals surface area (Å²) in [4.78, 5) is 3.56. The van der Waals surface area contributed by atoms with Crippen molar-refractivity contribution in [2.45, 2.75) is 0 Å². The highest BCUT2D eigenvalue weighted by atomic mass is 32.1. The standard InChI is InChI=1S/C34H19NOS/c1-2-9-22-20(7-1)25(19-13-16-31-26(17-19)21-8-4-6-12-30(21)37-31)18-29-32(22)24-14-15-28-33(34(24)36-29)23-10-3-5-11-27(23)35-28/h1-18,35H. The molecule has 0 bridgehead atoms. The smallest absolute Gasteiger partial charge is 0.145 e. The van der Waals surface area contributed by atoms with Gasteiger partial charge in [0, 0.05) is 41.8 Å². The molecule has 9 rings (SSSR count). The second-order valence-electron chi connectivity index (χ2n) is 9.79. The van der Waals surface area contributed by atoms with E-state index in [1.54, 1.807) is 0 Å². The first-order valence-electron chi connectivity index (χ1n) is 12.5. The van der Waals surface area contributed by atoms with E-state index < -0.39 is 0 Å². The molecule has 1 N–H and O–H groups in total. The maximum absolute atomic E-state index is 6.73. The lowest BCUT2D eigenvalue weighted by molar-refractivity contribution is 0.673. The zero-order valence-corrected chi connectivity index (χ0v) is 20.5. The van der Waals surface area contributed by atoms with Gasteiger partial charge >= 0.3 is 0 Å². The SMILES string of the molecule is c1ccc2c(c1)[nH]c1ccc3c(oc4cc(-c5ccc6sc7ccccc7c6c5)c5ccccc5c43)c12. The summed E-state index contributed by atoms with van der Waals surface area (Å²) in [6.07, 6.45) is 0. The molecule has 0 spiro atoms. The van der Waals surface area contributed by atoms with Crippen LogP contribution in [0.25, 0.3) is 85.8 Å². The van der Waals surface area contributed by atoms with Crippen molar-refractivity contribution in [3.8, 4) is 11.1 Å². The molecule has 9 aromatic rings. The van der Waals surface area contributed by atoms with E-state index in [-0.39, 0.29) is 0 Å². The van der Waals surface area contributed by atoms with Crippen molar-refractivity contribution in [1.29, 1.82) is 0 Å². The minimum absolute atomic E-state index is 0.928. The normalized spacial score (nSPS) is 12.3. The molecule has 2 nitrogen and oxygen atoms in total. The number of nitrogens with one attached hydrogen (secondary N) is 1. The van der Waals surface area contributed by atoms with Crippen LogP contribution < -0.4 is 0 Å². The van der Waals surface area contributed by atoms with Crippen LogP contribution in [-0.4, -0.2) is 4.98 Å². The monoisotopic (exact) mass is 489 g/mol. The zero-order chi connectivity index (χ0) is 24.1. The maximum Gasteiger partial charge on any atom is 0.145 e. The highest BCUT2D eigenvalue weighted by Gasteiger charge is 2.18. The Balaban J connectivity index is 1.41. The molecule has 3 aromatic heterocycles. The number of aromatic nitrogens is 1. The number of aromatic amines is 1.